The van der Waals surface area contributed by atoms with E-state index in [1.807, 2.05) is 25.5 Å². The number of aromatic amines is 1. The van der Waals surface area contributed by atoms with Gasteiger partial charge in [-0.2, -0.15) is 10.4 Å². The molecular formula is C18H18N4O. The fourth-order valence-electron chi connectivity index (χ4n) is 3.81. The summed E-state index contributed by atoms with van der Waals surface area (Å²) in [5.74, 6) is 0.837. The lowest BCUT2D eigenvalue weighted by molar-refractivity contribution is 0.417. The fraction of sp³-hybridized carbons (Fsp3) is 0.333. The van der Waals surface area contributed by atoms with E-state index in [9.17, 15) is 5.26 Å². The Morgan fingerprint density at radius 1 is 1.39 bits per heavy atom. The third-order valence-corrected chi connectivity index (χ3v) is 5.05. The largest absolute Gasteiger partial charge is 0.495 e. The molecule has 23 heavy (non-hydrogen) atoms. The van der Waals surface area contributed by atoms with Crippen molar-refractivity contribution in [2.24, 2.45) is 7.05 Å². The Labute approximate surface area is 134 Å². The van der Waals surface area contributed by atoms with E-state index in [-0.39, 0.29) is 0 Å². The zero-order valence-electron chi connectivity index (χ0n) is 13.3. The first kappa shape index (κ1) is 13.9. The van der Waals surface area contributed by atoms with Crippen LogP contribution in [0.1, 0.15) is 23.2 Å². The predicted octanol–water partition coefficient (Wildman–Crippen LogP) is 2.86. The van der Waals surface area contributed by atoms with Crippen LogP contribution in [-0.2, 0) is 25.3 Å². The molecule has 0 aliphatic heterocycles. The van der Waals surface area contributed by atoms with Gasteiger partial charge in [-0.15, -0.1) is 0 Å². The topological polar surface area (TPSA) is 66.6 Å². The normalized spacial score (nSPS) is 20.2. The van der Waals surface area contributed by atoms with Crippen molar-refractivity contribution in [1.29, 1.82) is 5.26 Å². The number of aryl methyl sites for hydroxylation is 2. The smallest absolute Gasteiger partial charge is 0.143 e. The monoisotopic (exact) mass is 306 g/mol. The molecule has 5 nitrogen and oxygen atoms in total. The summed E-state index contributed by atoms with van der Waals surface area (Å²) in [6.45, 7) is 0. The average molecular weight is 306 g/mol. The van der Waals surface area contributed by atoms with Gasteiger partial charge < -0.3 is 9.30 Å². The van der Waals surface area contributed by atoms with E-state index in [4.69, 9.17) is 4.74 Å². The number of fused-ring (bicyclic) bond motifs is 2. The van der Waals surface area contributed by atoms with Gasteiger partial charge in [-0.1, -0.05) is 6.07 Å². The van der Waals surface area contributed by atoms with E-state index in [2.05, 4.69) is 33.0 Å². The molecule has 1 aliphatic rings. The van der Waals surface area contributed by atoms with Crippen LogP contribution in [0.25, 0.3) is 10.9 Å². The minimum absolute atomic E-state index is 0.511. The molecule has 0 bridgehead atoms. The number of nitriles is 1. The molecule has 0 saturated carbocycles. The van der Waals surface area contributed by atoms with Gasteiger partial charge in [0.15, 0.2) is 0 Å². The maximum absolute atomic E-state index is 10.0. The standard InChI is InChI=1S/C18H18N4O/c1-22-8-6-13-14(3-4-16(23-2)17(13)22)18(11-19)7-5-15-12(9-18)10-20-21-15/h3-4,6,8,10H,5,7,9H2,1-2H3,(H,20,21). The molecule has 0 fully saturated rings. The molecule has 1 N–H and O–H groups in total. The second kappa shape index (κ2) is 4.88. The molecule has 5 heteroatoms. The number of methoxy groups -OCH3 is 1. The molecular weight excluding hydrogens is 288 g/mol. The van der Waals surface area contributed by atoms with Gasteiger partial charge in [0.25, 0.3) is 0 Å². The molecule has 4 rings (SSSR count). The van der Waals surface area contributed by atoms with Crippen LogP contribution in [0.2, 0.25) is 0 Å². The molecule has 116 valence electrons. The first-order valence-electron chi connectivity index (χ1n) is 7.73. The third kappa shape index (κ3) is 1.88. The minimum Gasteiger partial charge on any atom is -0.495 e. The lowest BCUT2D eigenvalue weighted by Crippen LogP contribution is -2.31. The van der Waals surface area contributed by atoms with Crippen LogP contribution in [0.15, 0.2) is 30.6 Å². The van der Waals surface area contributed by atoms with Gasteiger partial charge in [0.1, 0.15) is 5.75 Å². The zero-order valence-corrected chi connectivity index (χ0v) is 13.3. The number of H-pyrrole nitrogens is 1. The molecule has 2 heterocycles. The van der Waals surface area contributed by atoms with Crippen LogP contribution < -0.4 is 4.74 Å². The number of hydrogen-bond donors (Lipinski definition) is 1. The molecule has 1 aromatic carbocycles. The third-order valence-electron chi connectivity index (χ3n) is 5.05. The van der Waals surface area contributed by atoms with Crippen LogP contribution in [0.3, 0.4) is 0 Å². The van der Waals surface area contributed by atoms with Crippen molar-refractivity contribution in [3.63, 3.8) is 0 Å². The minimum atomic E-state index is -0.511. The SMILES string of the molecule is COc1ccc(C2(C#N)CCc3[nH]ncc3C2)c2ccn(C)c12. The summed E-state index contributed by atoms with van der Waals surface area (Å²) >= 11 is 0. The molecule has 1 unspecified atom stereocenters. The summed E-state index contributed by atoms with van der Waals surface area (Å²) < 4.78 is 7.55. The Kier molecular flexibility index (Phi) is 2.95. The average Bonchev–Trinajstić information content (AvgIpc) is 3.20. The van der Waals surface area contributed by atoms with E-state index in [1.54, 1.807) is 7.11 Å². The van der Waals surface area contributed by atoms with Gasteiger partial charge in [-0.3, -0.25) is 5.10 Å². The number of hydrogen-bond acceptors (Lipinski definition) is 3. The fourth-order valence-corrected chi connectivity index (χ4v) is 3.81. The van der Waals surface area contributed by atoms with Crippen molar-refractivity contribution in [3.8, 4) is 11.8 Å². The second-order valence-corrected chi connectivity index (χ2v) is 6.25. The maximum atomic E-state index is 10.0. The van der Waals surface area contributed by atoms with Crippen molar-refractivity contribution < 1.29 is 4.74 Å². The Morgan fingerprint density at radius 2 is 2.26 bits per heavy atom. The Bertz CT molecular complexity index is 930. The summed E-state index contributed by atoms with van der Waals surface area (Å²) in [5.41, 5.74) is 3.93. The summed E-state index contributed by atoms with van der Waals surface area (Å²) in [4.78, 5) is 0. The number of ether oxygens (including phenoxy) is 1. The number of nitrogens with one attached hydrogen (secondary N) is 1. The predicted molar refractivity (Wildman–Crippen MR) is 87.4 cm³/mol. The van der Waals surface area contributed by atoms with Gasteiger partial charge >= 0.3 is 0 Å². The van der Waals surface area contributed by atoms with Crippen molar-refractivity contribution in [3.05, 3.63) is 47.4 Å². The highest BCUT2D eigenvalue weighted by Gasteiger charge is 2.38. The summed E-state index contributed by atoms with van der Waals surface area (Å²) in [7, 11) is 3.68. The van der Waals surface area contributed by atoms with Crippen molar-refractivity contribution in [1.82, 2.24) is 14.8 Å². The van der Waals surface area contributed by atoms with Crippen LogP contribution in [-0.4, -0.2) is 21.9 Å². The van der Waals surface area contributed by atoms with E-state index < -0.39 is 5.41 Å². The Hall–Kier alpha value is -2.74. The molecule has 0 amide bonds. The zero-order chi connectivity index (χ0) is 16.0. The lowest BCUT2D eigenvalue weighted by atomic mass is 9.69. The summed E-state index contributed by atoms with van der Waals surface area (Å²) in [6, 6.07) is 8.72. The molecule has 2 aromatic heterocycles. The van der Waals surface area contributed by atoms with Gasteiger partial charge in [-0.25, -0.2) is 0 Å². The first-order valence-corrected chi connectivity index (χ1v) is 7.73. The van der Waals surface area contributed by atoms with Gasteiger partial charge in [0.2, 0.25) is 0 Å². The summed E-state index contributed by atoms with van der Waals surface area (Å²) in [6.07, 6.45) is 6.23. The molecule has 1 aliphatic carbocycles. The van der Waals surface area contributed by atoms with Crippen molar-refractivity contribution in [2.75, 3.05) is 7.11 Å². The van der Waals surface area contributed by atoms with Crippen LogP contribution >= 0.6 is 0 Å². The first-order chi connectivity index (χ1) is 11.2. The number of benzene rings is 1. The van der Waals surface area contributed by atoms with Gasteiger partial charge in [0, 0.05) is 24.3 Å². The second-order valence-electron chi connectivity index (χ2n) is 6.25. The number of rotatable bonds is 2. The lowest BCUT2D eigenvalue weighted by Gasteiger charge is -2.31. The van der Waals surface area contributed by atoms with Crippen LogP contribution in [0, 0.1) is 11.3 Å². The molecule has 0 radical (unpaired) electrons. The molecule has 0 spiro atoms. The highest BCUT2D eigenvalue weighted by molar-refractivity contribution is 5.90. The van der Waals surface area contributed by atoms with E-state index in [0.717, 1.165) is 46.3 Å². The highest BCUT2D eigenvalue weighted by atomic mass is 16.5. The molecule has 0 saturated heterocycles. The number of nitrogens with zero attached hydrogens (tertiary/aromatic N) is 3. The van der Waals surface area contributed by atoms with Gasteiger partial charge in [0.05, 0.1) is 30.3 Å². The molecule has 1 atom stereocenters. The highest BCUT2D eigenvalue weighted by Crippen LogP contribution is 2.42. The van der Waals surface area contributed by atoms with Crippen LogP contribution in [0.4, 0.5) is 0 Å². The Balaban J connectivity index is 1.93. The van der Waals surface area contributed by atoms with Gasteiger partial charge in [-0.05, 0) is 42.5 Å². The van der Waals surface area contributed by atoms with Crippen molar-refractivity contribution >= 4 is 10.9 Å². The van der Waals surface area contributed by atoms with E-state index in [1.165, 1.54) is 0 Å². The summed E-state index contributed by atoms with van der Waals surface area (Å²) in [5, 5.41) is 18.3. The quantitative estimate of drug-likeness (QED) is 0.791. The van der Waals surface area contributed by atoms with E-state index in [0.29, 0.717) is 6.42 Å². The van der Waals surface area contributed by atoms with Crippen LogP contribution in [0.5, 0.6) is 5.75 Å². The van der Waals surface area contributed by atoms with E-state index >= 15 is 0 Å². The number of aromatic nitrogens is 3. The molecule has 3 aromatic rings. The van der Waals surface area contributed by atoms with Crippen molar-refractivity contribution in [2.45, 2.75) is 24.7 Å². The Morgan fingerprint density at radius 3 is 3.04 bits per heavy atom. The maximum Gasteiger partial charge on any atom is 0.143 e.